The van der Waals surface area contributed by atoms with Gasteiger partial charge in [0.1, 0.15) is 5.75 Å². The maximum Gasteiger partial charge on any atom is 1.00 e. The molecule has 5 nitrogen and oxygen atoms in total. The summed E-state index contributed by atoms with van der Waals surface area (Å²) in [4.78, 5) is 11.6. The summed E-state index contributed by atoms with van der Waals surface area (Å²) >= 11 is 0. The van der Waals surface area contributed by atoms with Gasteiger partial charge in [0.2, 0.25) is 0 Å². The Labute approximate surface area is 156 Å². The van der Waals surface area contributed by atoms with E-state index in [1.165, 1.54) is 24.3 Å². The zero-order valence-corrected chi connectivity index (χ0v) is 16.6. The Morgan fingerprint density at radius 2 is 1.77 bits per heavy atom. The zero-order valence-electron chi connectivity index (χ0n) is 14.8. The van der Waals surface area contributed by atoms with Gasteiger partial charge in [-0.3, -0.25) is 9.35 Å². The third-order valence-electron chi connectivity index (χ3n) is 2.83. The van der Waals surface area contributed by atoms with Gasteiger partial charge >= 0.3 is 35.5 Å². The van der Waals surface area contributed by atoms with E-state index < -0.39 is 10.1 Å². The molecule has 1 rings (SSSR count). The predicted molar refractivity (Wildman–Crippen MR) is 80.9 cm³/mol. The van der Waals surface area contributed by atoms with E-state index in [0.717, 1.165) is 6.42 Å². The molecule has 0 radical (unpaired) electrons. The van der Waals surface area contributed by atoms with Crippen LogP contribution in [-0.2, 0) is 14.9 Å². The number of benzene rings is 1. The van der Waals surface area contributed by atoms with Crippen molar-refractivity contribution in [1.82, 2.24) is 0 Å². The van der Waals surface area contributed by atoms with Crippen LogP contribution in [0.3, 0.4) is 0 Å². The maximum absolute atomic E-state index is 11.8. The first-order valence-electron chi connectivity index (χ1n) is 6.75. The van der Waals surface area contributed by atoms with Crippen LogP contribution in [0, 0.1) is 11.3 Å². The first-order chi connectivity index (χ1) is 9.47. The summed E-state index contributed by atoms with van der Waals surface area (Å²) in [6.07, 6.45) is 1.21. The summed E-state index contributed by atoms with van der Waals surface area (Å²) in [5.74, 6) is 0.108. The van der Waals surface area contributed by atoms with Crippen molar-refractivity contribution in [3.05, 3.63) is 24.3 Å². The number of carbonyl (C=O) groups excluding carboxylic acids is 1. The fourth-order valence-electron chi connectivity index (χ4n) is 2.25. The summed E-state index contributed by atoms with van der Waals surface area (Å²) in [6.45, 7) is 8.34. The normalized spacial score (nSPS) is 13.1. The van der Waals surface area contributed by atoms with Gasteiger partial charge in [-0.2, -0.15) is 8.42 Å². The molecule has 1 aromatic carbocycles. The molecule has 0 aliphatic carbocycles. The second-order valence-electron chi connectivity index (χ2n) is 6.49. The molecular weight excluding hydrogens is 315 g/mol. The van der Waals surface area contributed by atoms with E-state index in [2.05, 4.69) is 20.8 Å². The van der Waals surface area contributed by atoms with Crippen LogP contribution in [0.2, 0.25) is 0 Å². The minimum absolute atomic E-state index is 0. The minimum Gasteiger partial charge on any atom is -1.00 e. The van der Waals surface area contributed by atoms with Gasteiger partial charge < -0.3 is 6.16 Å². The molecule has 7 heteroatoms. The summed E-state index contributed by atoms with van der Waals surface area (Å²) < 4.78 is 35.8. The topological polar surface area (TPSA) is 80.7 Å². The quantitative estimate of drug-likeness (QED) is 0.364. The third kappa shape index (κ3) is 8.29. The molecule has 0 aliphatic rings. The van der Waals surface area contributed by atoms with Gasteiger partial charge in [-0.15, -0.1) is 0 Å². The maximum atomic E-state index is 11.8. The predicted octanol–water partition coefficient (Wildman–Crippen LogP) is 0.418. The molecule has 0 spiro atoms. The molecule has 1 aromatic rings. The van der Waals surface area contributed by atoms with Crippen LogP contribution in [0.4, 0.5) is 0 Å². The number of rotatable bonds is 5. The van der Waals surface area contributed by atoms with E-state index in [1.54, 1.807) is 0 Å². The van der Waals surface area contributed by atoms with E-state index in [9.17, 15) is 13.2 Å². The Balaban J connectivity index is 0. The largest absolute Gasteiger partial charge is 1.00 e. The number of ether oxygens (including phenoxy) is 1. The van der Waals surface area contributed by atoms with Gasteiger partial charge in [-0.05, 0) is 42.0 Å². The number of hydrogen-bond acceptors (Lipinski definition) is 4. The average molecular weight is 338 g/mol. The van der Waals surface area contributed by atoms with E-state index in [-0.39, 0.29) is 58.9 Å². The SMILES string of the molecule is CC(CC(=O)Oc1ccc(S(=O)(=O)O)cc1)CC(C)(C)C.[H-].[Na+]. The summed E-state index contributed by atoms with van der Waals surface area (Å²) in [6, 6.07) is 5.07. The van der Waals surface area contributed by atoms with E-state index in [0.29, 0.717) is 6.42 Å². The minimum atomic E-state index is -4.23. The summed E-state index contributed by atoms with van der Waals surface area (Å²) in [7, 11) is -4.23. The Morgan fingerprint density at radius 3 is 2.18 bits per heavy atom. The molecule has 0 saturated heterocycles. The van der Waals surface area contributed by atoms with Crippen molar-refractivity contribution < 1.29 is 53.5 Å². The number of esters is 1. The van der Waals surface area contributed by atoms with Crippen LogP contribution >= 0.6 is 0 Å². The van der Waals surface area contributed by atoms with Crippen molar-refractivity contribution in [3.63, 3.8) is 0 Å². The molecule has 0 fully saturated rings. The Morgan fingerprint density at radius 1 is 1.27 bits per heavy atom. The van der Waals surface area contributed by atoms with Crippen LogP contribution in [-0.4, -0.2) is 18.9 Å². The van der Waals surface area contributed by atoms with Crippen molar-refractivity contribution >= 4 is 16.1 Å². The average Bonchev–Trinajstić information content (AvgIpc) is 2.25. The van der Waals surface area contributed by atoms with Gasteiger partial charge in [0.15, 0.2) is 0 Å². The monoisotopic (exact) mass is 338 g/mol. The van der Waals surface area contributed by atoms with Gasteiger partial charge in [-0.1, -0.05) is 27.7 Å². The summed E-state index contributed by atoms with van der Waals surface area (Å²) in [5.41, 5.74) is 0.150. The standard InChI is InChI=1S/C15H22O5S.Na.H/c1-11(10-15(2,3)4)9-14(16)20-12-5-7-13(8-6-12)21(17,18)19;;/h5-8,11H,9-10H2,1-4H3,(H,17,18,19);;/q;+1;-1. The van der Waals surface area contributed by atoms with Crippen LogP contribution in [0.1, 0.15) is 42.0 Å². The van der Waals surface area contributed by atoms with Crippen LogP contribution in [0.5, 0.6) is 5.75 Å². The van der Waals surface area contributed by atoms with Gasteiger partial charge in [-0.25, -0.2) is 0 Å². The van der Waals surface area contributed by atoms with E-state index >= 15 is 0 Å². The molecule has 1 atom stereocenters. The second kappa shape index (κ2) is 8.45. The number of hydrogen-bond donors (Lipinski definition) is 1. The Hall–Kier alpha value is -0.400. The molecule has 1 unspecified atom stereocenters. The molecule has 0 bridgehead atoms. The molecule has 0 amide bonds. The van der Waals surface area contributed by atoms with Gasteiger partial charge in [0, 0.05) is 6.42 Å². The van der Waals surface area contributed by atoms with Gasteiger partial charge in [0.25, 0.3) is 10.1 Å². The van der Waals surface area contributed by atoms with E-state index in [4.69, 9.17) is 9.29 Å². The third-order valence-corrected chi connectivity index (χ3v) is 3.70. The Kier molecular flexibility index (Phi) is 8.30. The molecule has 0 heterocycles. The molecular formula is C15H23NaO5S. The molecule has 22 heavy (non-hydrogen) atoms. The fourth-order valence-corrected chi connectivity index (χ4v) is 2.73. The zero-order chi connectivity index (χ0) is 16.3. The van der Waals surface area contributed by atoms with Crippen LogP contribution in [0.25, 0.3) is 0 Å². The summed E-state index contributed by atoms with van der Waals surface area (Å²) in [5, 5.41) is 0. The van der Waals surface area contributed by atoms with Gasteiger partial charge in [0.05, 0.1) is 4.90 Å². The first kappa shape index (κ1) is 21.6. The Bertz CT molecular complexity index is 593. The molecule has 120 valence electrons. The van der Waals surface area contributed by atoms with Crippen LogP contribution < -0.4 is 34.3 Å². The van der Waals surface area contributed by atoms with Crippen molar-refractivity contribution in [2.45, 2.75) is 45.4 Å². The smallest absolute Gasteiger partial charge is 1.00 e. The molecule has 0 aromatic heterocycles. The molecule has 0 saturated carbocycles. The van der Waals surface area contributed by atoms with Crippen molar-refractivity contribution in [2.75, 3.05) is 0 Å². The fraction of sp³-hybridized carbons (Fsp3) is 0.533. The van der Waals surface area contributed by atoms with E-state index in [1.807, 2.05) is 6.92 Å². The van der Waals surface area contributed by atoms with Crippen LogP contribution in [0.15, 0.2) is 29.2 Å². The number of carbonyl (C=O) groups is 1. The van der Waals surface area contributed by atoms with Crippen molar-refractivity contribution in [3.8, 4) is 5.75 Å². The first-order valence-corrected chi connectivity index (χ1v) is 8.19. The molecule has 0 aliphatic heterocycles. The van der Waals surface area contributed by atoms with Crippen molar-refractivity contribution in [2.24, 2.45) is 11.3 Å². The molecule has 1 N–H and O–H groups in total. The van der Waals surface area contributed by atoms with Crippen molar-refractivity contribution in [1.29, 1.82) is 0 Å². The second-order valence-corrected chi connectivity index (χ2v) is 7.92.